The highest BCUT2D eigenvalue weighted by atomic mass is 16.5. The molecule has 1 saturated heterocycles. The topological polar surface area (TPSA) is 84.9 Å². The summed E-state index contributed by atoms with van der Waals surface area (Å²) >= 11 is 0. The van der Waals surface area contributed by atoms with Crippen LogP contribution in [0.4, 0.5) is 4.79 Å². The lowest BCUT2D eigenvalue weighted by Gasteiger charge is -2.29. The van der Waals surface area contributed by atoms with Gasteiger partial charge in [0.2, 0.25) is 0 Å². The molecule has 6 heteroatoms. The molecule has 140 valence electrons. The normalized spacial score (nSPS) is 21.2. The molecule has 0 radical (unpaired) electrons. The van der Waals surface area contributed by atoms with Crippen LogP contribution in [0.1, 0.15) is 23.5 Å². The van der Waals surface area contributed by atoms with Crippen molar-refractivity contribution in [1.29, 1.82) is 0 Å². The molecule has 1 heterocycles. The molecule has 0 saturated carbocycles. The van der Waals surface area contributed by atoms with Crippen molar-refractivity contribution in [2.24, 2.45) is 5.92 Å². The average Bonchev–Trinajstić information content (AvgIpc) is 3.00. The third-order valence-corrected chi connectivity index (χ3v) is 5.32. The van der Waals surface area contributed by atoms with Gasteiger partial charge in [-0.25, -0.2) is 4.79 Å². The Bertz CT molecular complexity index is 820. The molecule has 1 aliphatic carbocycles. The molecule has 0 bridgehead atoms. The van der Waals surface area contributed by atoms with E-state index in [9.17, 15) is 14.7 Å². The molecule has 2 N–H and O–H groups in total. The van der Waals surface area contributed by atoms with Gasteiger partial charge in [0.25, 0.3) is 0 Å². The number of benzene rings is 2. The standard InChI is InChI=1S/C21H21NO5/c23-20(24)17-9-10-26-12-19(17)22-21(25)27-11-18-15-7-3-1-5-13(15)14-6-2-4-8-16(14)18/h1-8,17-19H,9-12H2,(H,22,25)(H,23,24)/t17-,19+/m0/s1. The van der Waals surface area contributed by atoms with Crippen molar-refractivity contribution in [2.75, 3.05) is 19.8 Å². The van der Waals surface area contributed by atoms with Crippen LogP contribution in [0.2, 0.25) is 0 Å². The number of nitrogens with one attached hydrogen (secondary N) is 1. The number of hydrogen-bond donors (Lipinski definition) is 2. The fraction of sp³-hybridized carbons (Fsp3) is 0.333. The second-order valence-corrected chi connectivity index (χ2v) is 6.88. The number of amides is 1. The van der Waals surface area contributed by atoms with E-state index >= 15 is 0 Å². The molecule has 27 heavy (non-hydrogen) atoms. The summed E-state index contributed by atoms with van der Waals surface area (Å²) in [5.41, 5.74) is 4.59. The predicted molar refractivity (Wildman–Crippen MR) is 98.6 cm³/mol. The van der Waals surface area contributed by atoms with E-state index in [2.05, 4.69) is 29.6 Å². The molecular formula is C21H21NO5. The van der Waals surface area contributed by atoms with Gasteiger partial charge in [0.05, 0.1) is 18.6 Å². The van der Waals surface area contributed by atoms with Gasteiger partial charge in [-0.15, -0.1) is 0 Å². The summed E-state index contributed by atoms with van der Waals surface area (Å²) in [5, 5.41) is 12.0. The third kappa shape index (κ3) is 3.40. The molecule has 6 nitrogen and oxygen atoms in total. The van der Waals surface area contributed by atoms with Crippen LogP contribution in [0.15, 0.2) is 48.5 Å². The van der Waals surface area contributed by atoms with Crippen molar-refractivity contribution in [3.63, 3.8) is 0 Å². The largest absolute Gasteiger partial charge is 0.481 e. The summed E-state index contributed by atoms with van der Waals surface area (Å²) in [6, 6.07) is 15.6. The van der Waals surface area contributed by atoms with Gasteiger partial charge in [-0.3, -0.25) is 4.79 Å². The average molecular weight is 367 g/mol. The molecule has 2 aromatic carbocycles. The summed E-state index contributed by atoms with van der Waals surface area (Å²) in [7, 11) is 0. The second-order valence-electron chi connectivity index (χ2n) is 6.88. The molecule has 0 aromatic heterocycles. The van der Waals surface area contributed by atoms with Gasteiger partial charge in [-0.05, 0) is 28.7 Å². The van der Waals surface area contributed by atoms with Crippen molar-refractivity contribution >= 4 is 12.1 Å². The Morgan fingerprint density at radius 2 is 1.70 bits per heavy atom. The van der Waals surface area contributed by atoms with Gasteiger partial charge < -0.3 is 19.9 Å². The minimum atomic E-state index is -0.928. The van der Waals surface area contributed by atoms with Gasteiger partial charge in [0, 0.05) is 12.5 Å². The Morgan fingerprint density at radius 1 is 1.07 bits per heavy atom. The Hall–Kier alpha value is -2.86. The summed E-state index contributed by atoms with van der Waals surface area (Å²) < 4.78 is 10.8. The monoisotopic (exact) mass is 367 g/mol. The molecular weight excluding hydrogens is 346 g/mol. The fourth-order valence-electron chi connectivity index (χ4n) is 3.97. The molecule has 2 aliphatic rings. The Labute approximate surface area is 157 Å². The second kappa shape index (κ2) is 7.40. The lowest BCUT2D eigenvalue weighted by molar-refractivity contribution is -0.146. The van der Waals surface area contributed by atoms with Gasteiger partial charge in [-0.1, -0.05) is 48.5 Å². The number of fused-ring (bicyclic) bond motifs is 3. The van der Waals surface area contributed by atoms with Crippen LogP contribution in [0, 0.1) is 5.92 Å². The minimum Gasteiger partial charge on any atom is -0.481 e. The van der Waals surface area contributed by atoms with E-state index in [-0.39, 0.29) is 19.1 Å². The first-order chi connectivity index (χ1) is 13.1. The van der Waals surface area contributed by atoms with Gasteiger partial charge in [0.1, 0.15) is 6.61 Å². The summed E-state index contributed by atoms with van der Waals surface area (Å²) in [6.07, 6.45) is -0.234. The van der Waals surface area contributed by atoms with Crippen LogP contribution in [-0.2, 0) is 14.3 Å². The molecule has 1 amide bonds. The van der Waals surface area contributed by atoms with E-state index in [0.29, 0.717) is 13.0 Å². The van der Waals surface area contributed by atoms with Crippen molar-refractivity contribution in [3.8, 4) is 11.1 Å². The SMILES string of the molecule is O=C(N[C@@H]1COCC[C@@H]1C(=O)O)OCC1c2ccccc2-c2ccccc21. The fourth-order valence-corrected chi connectivity index (χ4v) is 3.97. The number of carbonyl (C=O) groups excluding carboxylic acids is 1. The summed E-state index contributed by atoms with van der Waals surface area (Å²) in [6.45, 7) is 0.770. The van der Waals surface area contributed by atoms with Crippen LogP contribution in [-0.4, -0.2) is 43.0 Å². The first kappa shape index (κ1) is 17.5. The maximum absolute atomic E-state index is 12.3. The number of ether oxygens (including phenoxy) is 2. The van der Waals surface area contributed by atoms with E-state index in [4.69, 9.17) is 9.47 Å². The minimum absolute atomic E-state index is 0.0268. The maximum atomic E-state index is 12.3. The lowest BCUT2D eigenvalue weighted by Crippen LogP contribution is -2.49. The first-order valence-electron chi connectivity index (χ1n) is 9.07. The quantitative estimate of drug-likeness (QED) is 0.868. The van der Waals surface area contributed by atoms with E-state index < -0.39 is 24.0 Å². The molecule has 4 rings (SSSR count). The van der Waals surface area contributed by atoms with Crippen molar-refractivity contribution in [3.05, 3.63) is 59.7 Å². The Balaban J connectivity index is 1.44. The molecule has 0 spiro atoms. The maximum Gasteiger partial charge on any atom is 0.407 e. The van der Waals surface area contributed by atoms with Crippen LogP contribution in [0.5, 0.6) is 0 Å². The lowest BCUT2D eigenvalue weighted by atomic mass is 9.95. The van der Waals surface area contributed by atoms with Gasteiger partial charge >= 0.3 is 12.1 Å². The summed E-state index contributed by atoms with van der Waals surface area (Å²) in [4.78, 5) is 23.6. The van der Waals surface area contributed by atoms with E-state index in [1.54, 1.807) is 0 Å². The smallest absolute Gasteiger partial charge is 0.407 e. The van der Waals surface area contributed by atoms with Crippen LogP contribution < -0.4 is 5.32 Å². The highest BCUT2D eigenvalue weighted by Gasteiger charge is 2.34. The Kier molecular flexibility index (Phi) is 4.81. The van der Waals surface area contributed by atoms with E-state index in [1.165, 1.54) is 0 Å². The predicted octanol–water partition coefficient (Wildman–Crippen LogP) is 3.01. The number of carboxylic acids is 1. The number of carbonyl (C=O) groups is 2. The van der Waals surface area contributed by atoms with E-state index in [1.807, 2.05) is 24.3 Å². The van der Waals surface area contributed by atoms with Crippen molar-refractivity contribution in [2.45, 2.75) is 18.4 Å². The van der Waals surface area contributed by atoms with Crippen LogP contribution >= 0.6 is 0 Å². The molecule has 1 fully saturated rings. The highest BCUT2D eigenvalue weighted by molar-refractivity contribution is 5.79. The van der Waals surface area contributed by atoms with Crippen molar-refractivity contribution < 1.29 is 24.2 Å². The zero-order chi connectivity index (χ0) is 18.8. The molecule has 0 unspecified atom stereocenters. The van der Waals surface area contributed by atoms with Gasteiger partial charge in [0.15, 0.2) is 0 Å². The van der Waals surface area contributed by atoms with E-state index in [0.717, 1.165) is 22.3 Å². The number of rotatable bonds is 4. The molecule has 2 atom stereocenters. The number of hydrogen-bond acceptors (Lipinski definition) is 4. The van der Waals surface area contributed by atoms with Crippen LogP contribution in [0.3, 0.4) is 0 Å². The number of aliphatic carboxylic acids is 1. The molecule has 1 aliphatic heterocycles. The van der Waals surface area contributed by atoms with Gasteiger partial charge in [-0.2, -0.15) is 0 Å². The number of alkyl carbamates (subject to hydrolysis) is 1. The van der Waals surface area contributed by atoms with Crippen molar-refractivity contribution in [1.82, 2.24) is 5.32 Å². The summed E-state index contributed by atoms with van der Waals surface area (Å²) in [5.74, 6) is -1.61. The third-order valence-electron chi connectivity index (χ3n) is 5.32. The highest BCUT2D eigenvalue weighted by Crippen LogP contribution is 2.44. The Morgan fingerprint density at radius 3 is 2.33 bits per heavy atom. The number of carboxylic acid groups (broad SMARTS) is 1. The first-order valence-corrected chi connectivity index (χ1v) is 9.07. The zero-order valence-electron chi connectivity index (χ0n) is 14.8. The zero-order valence-corrected chi connectivity index (χ0v) is 14.8. The van der Waals surface area contributed by atoms with Crippen LogP contribution in [0.25, 0.3) is 11.1 Å². The molecule has 2 aromatic rings.